The van der Waals surface area contributed by atoms with Crippen LogP contribution in [0.3, 0.4) is 0 Å². The van der Waals surface area contributed by atoms with Gasteiger partial charge in [-0.3, -0.25) is 0 Å². The topological polar surface area (TPSA) is 46.5 Å². The standard InChI is InChI=1S/C4H6F3O3P/c1-2-3(4(5,6)7)10-11(8)9/h3H,2H2,1H3/p+1. The first kappa shape index (κ1) is 10.8. The third-order valence-electron chi connectivity index (χ3n) is 0.953. The second kappa shape index (κ2) is 3.99. The molecule has 0 amide bonds. The Hall–Kier alpha value is -0.190. The van der Waals surface area contributed by atoms with Gasteiger partial charge in [0.05, 0.1) is 0 Å². The van der Waals surface area contributed by atoms with Crippen molar-refractivity contribution in [3.05, 3.63) is 0 Å². The second-order valence-corrected chi connectivity index (χ2v) is 2.47. The van der Waals surface area contributed by atoms with Gasteiger partial charge in [-0.25, -0.2) is 0 Å². The molecule has 1 N–H and O–H groups in total. The van der Waals surface area contributed by atoms with Crippen molar-refractivity contribution in [1.82, 2.24) is 0 Å². The van der Waals surface area contributed by atoms with E-state index in [4.69, 9.17) is 4.89 Å². The van der Waals surface area contributed by atoms with Gasteiger partial charge >= 0.3 is 14.4 Å². The molecule has 7 heteroatoms. The van der Waals surface area contributed by atoms with Crippen LogP contribution in [0.25, 0.3) is 0 Å². The summed E-state index contributed by atoms with van der Waals surface area (Å²) < 4.78 is 48.7. The van der Waals surface area contributed by atoms with Crippen molar-refractivity contribution in [3.63, 3.8) is 0 Å². The molecule has 0 rings (SSSR count). The maximum absolute atomic E-state index is 11.7. The summed E-state index contributed by atoms with van der Waals surface area (Å²) in [6.45, 7) is 1.22. The molecule has 0 bridgehead atoms. The largest absolute Gasteiger partial charge is 0.695 e. The van der Waals surface area contributed by atoms with Crippen LogP contribution >= 0.6 is 8.25 Å². The van der Waals surface area contributed by atoms with Crippen molar-refractivity contribution in [2.45, 2.75) is 25.6 Å². The Morgan fingerprint density at radius 3 is 2.18 bits per heavy atom. The molecule has 0 aromatic carbocycles. The lowest BCUT2D eigenvalue weighted by Gasteiger charge is -2.10. The van der Waals surface area contributed by atoms with Crippen LogP contribution in [0.5, 0.6) is 0 Å². The molecule has 0 aliphatic heterocycles. The van der Waals surface area contributed by atoms with Crippen LogP contribution in [-0.2, 0) is 9.09 Å². The summed E-state index contributed by atoms with van der Waals surface area (Å²) in [7, 11) is -3.18. The lowest BCUT2D eigenvalue weighted by atomic mass is 10.3. The van der Waals surface area contributed by atoms with Crippen LogP contribution < -0.4 is 0 Å². The Bertz CT molecular complexity index is 146. The van der Waals surface area contributed by atoms with E-state index >= 15 is 0 Å². The molecule has 0 fully saturated rings. The van der Waals surface area contributed by atoms with Gasteiger partial charge in [-0.15, -0.1) is 9.42 Å². The summed E-state index contributed by atoms with van der Waals surface area (Å²) in [5, 5.41) is 0. The number of alkyl halides is 3. The van der Waals surface area contributed by atoms with Gasteiger partial charge in [0.1, 0.15) is 0 Å². The Morgan fingerprint density at radius 2 is 2.09 bits per heavy atom. The fourth-order valence-electron chi connectivity index (χ4n) is 0.475. The Kier molecular flexibility index (Phi) is 3.92. The molecule has 0 saturated heterocycles. The first-order valence-electron chi connectivity index (χ1n) is 2.77. The maximum Gasteiger partial charge on any atom is 0.695 e. The summed E-state index contributed by atoms with van der Waals surface area (Å²) in [6, 6.07) is 0. The molecule has 0 aliphatic rings. The zero-order valence-electron chi connectivity index (χ0n) is 5.63. The van der Waals surface area contributed by atoms with Gasteiger partial charge in [0.2, 0.25) is 6.10 Å². The van der Waals surface area contributed by atoms with Crippen LogP contribution in [0, 0.1) is 0 Å². The molecule has 2 unspecified atom stereocenters. The van der Waals surface area contributed by atoms with E-state index < -0.39 is 20.5 Å². The molecule has 0 heterocycles. The molecule has 0 saturated carbocycles. The van der Waals surface area contributed by atoms with E-state index in [1.165, 1.54) is 6.92 Å². The average Bonchev–Trinajstić information content (AvgIpc) is 1.79. The lowest BCUT2D eigenvalue weighted by molar-refractivity contribution is -0.195. The predicted octanol–water partition coefficient (Wildman–Crippen LogP) is 1.99. The van der Waals surface area contributed by atoms with Crippen molar-refractivity contribution in [2.75, 3.05) is 0 Å². The van der Waals surface area contributed by atoms with E-state index in [2.05, 4.69) is 4.52 Å². The number of hydrogen-bond donors (Lipinski definition) is 1. The van der Waals surface area contributed by atoms with E-state index in [1.807, 2.05) is 0 Å². The minimum Gasteiger partial charge on any atom is -0.168 e. The Balaban J connectivity index is 4.07. The highest BCUT2D eigenvalue weighted by atomic mass is 31.1. The van der Waals surface area contributed by atoms with Crippen LogP contribution in [0.15, 0.2) is 0 Å². The van der Waals surface area contributed by atoms with Crippen LogP contribution in [0.1, 0.15) is 13.3 Å². The van der Waals surface area contributed by atoms with Gasteiger partial charge in [0.15, 0.2) is 0 Å². The predicted molar refractivity (Wildman–Crippen MR) is 31.0 cm³/mol. The molecular formula is C4H7F3O3P+. The number of halogens is 3. The van der Waals surface area contributed by atoms with Gasteiger partial charge in [-0.1, -0.05) is 6.92 Å². The first-order valence-corrected chi connectivity index (χ1v) is 3.90. The van der Waals surface area contributed by atoms with E-state index in [1.54, 1.807) is 0 Å². The quantitative estimate of drug-likeness (QED) is 0.694. The minimum atomic E-state index is -4.57. The molecular weight excluding hydrogens is 184 g/mol. The van der Waals surface area contributed by atoms with Gasteiger partial charge < -0.3 is 0 Å². The van der Waals surface area contributed by atoms with E-state index in [0.717, 1.165) is 0 Å². The summed E-state index contributed by atoms with van der Waals surface area (Å²) in [4.78, 5) is 8.00. The summed E-state index contributed by atoms with van der Waals surface area (Å²) in [6.07, 6.45) is -7.08. The fourth-order valence-corrected chi connectivity index (χ4v) is 0.961. The fraction of sp³-hybridized carbons (Fsp3) is 1.00. The van der Waals surface area contributed by atoms with Gasteiger partial charge in [0, 0.05) is 4.57 Å². The molecule has 0 aliphatic carbocycles. The molecule has 3 nitrogen and oxygen atoms in total. The third kappa shape index (κ3) is 4.29. The maximum atomic E-state index is 11.7. The molecule has 0 aromatic rings. The van der Waals surface area contributed by atoms with Crippen molar-refractivity contribution < 1.29 is 27.2 Å². The first-order chi connectivity index (χ1) is 4.88. The Morgan fingerprint density at radius 1 is 1.64 bits per heavy atom. The zero-order chi connectivity index (χ0) is 9.07. The molecule has 0 aromatic heterocycles. The number of hydrogen-bond acceptors (Lipinski definition) is 2. The molecule has 66 valence electrons. The summed E-state index contributed by atoms with van der Waals surface area (Å²) >= 11 is 0. The SMILES string of the molecule is CCC(O[P+](=O)O)C(F)(F)F. The smallest absolute Gasteiger partial charge is 0.168 e. The Labute approximate surface area is 62.1 Å². The molecule has 0 radical (unpaired) electrons. The molecule has 11 heavy (non-hydrogen) atoms. The van der Waals surface area contributed by atoms with Gasteiger partial charge in [-0.05, 0) is 6.42 Å². The summed E-state index contributed by atoms with van der Waals surface area (Å²) in [5.74, 6) is 0. The molecule has 2 atom stereocenters. The average molecular weight is 191 g/mol. The van der Waals surface area contributed by atoms with Crippen molar-refractivity contribution in [2.24, 2.45) is 0 Å². The third-order valence-corrected chi connectivity index (χ3v) is 1.39. The zero-order valence-corrected chi connectivity index (χ0v) is 6.52. The van der Waals surface area contributed by atoms with E-state index in [0.29, 0.717) is 0 Å². The normalized spacial score (nSPS) is 16.3. The highest BCUT2D eigenvalue weighted by Crippen LogP contribution is 2.31. The molecule has 0 spiro atoms. The van der Waals surface area contributed by atoms with Crippen LogP contribution in [0.4, 0.5) is 13.2 Å². The van der Waals surface area contributed by atoms with Gasteiger partial charge in [0.25, 0.3) is 0 Å². The second-order valence-electron chi connectivity index (χ2n) is 1.78. The van der Waals surface area contributed by atoms with Crippen molar-refractivity contribution in [3.8, 4) is 0 Å². The monoisotopic (exact) mass is 191 g/mol. The van der Waals surface area contributed by atoms with Crippen LogP contribution in [0.2, 0.25) is 0 Å². The van der Waals surface area contributed by atoms with Crippen LogP contribution in [-0.4, -0.2) is 17.2 Å². The lowest BCUT2D eigenvalue weighted by Crippen LogP contribution is -2.28. The van der Waals surface area contributed by atoms with Crippen molar-refractivity contribution in [1.29, 1.82) is 0 Å². The summed E-state index contributed by atoms with van der Waals surface area (Å²) in [5.41, 5.74) is 0. The van der Waals surface area contributed by atoms with Crippen molar-refractivity contribution >= 4 is 8.25 Å². The number of rotatable bonds is 3. The highest BCUT2D eigenvalue weighted by molar-refractivity contribution is 7.32. The minimum absolute atomic E-state index is 0.370. The highest BCUT2D eigenvalue weighted by Gasteiger charge is 2.45. The van der Waals surface area contributed by atoms with E-state index in [9.17, 15) is 17.7 Å². The van der Waals surface area contributed by atoms with E-state index in [-0.39, 0.29) is 6.42 Å². The van der Waals surface area contributed by atoms with Gasteiger partial charge in [-0.2, -0.15) is 13.2 Å².